The van der Waals surface area contributed by atoms with Crippen LogP contribution in [0.5, 0.6) is 0 Å². The average Bonchev–Trinajstić information content (AvgIpc) is 3.13. The zero-order valence-electron chi connectivity index (χ0n) is 13.2. The predicted molar refractivity (Wildman–Crippen MR) is 85.2 cm³/mol. The van der Waals surface area contributed by atoms with Gasteiger partial charge in [0.15, 0.2) is 0 Å². The van der Waals surface area contributed by atoms with Crippen LogP contribution in [0.3, 0.4) is 0 Å². The smallest absolute Gasteiger partial charge is 0.137 e. The van der Waals surface area contributed by atoms with Gasteiger partial charge in [-0.3, -0.25) is 21.3 Å². The minimum atomic E-state index is 0.0126. The summed E-state index contributed by atoms with van der Waals surface area (Å²) in [5, 5.41) is 14.3. The standard InChI is InChI=1S/C16H33N4/c1-2-3-4-5-6-7-8-9-10-16(19-13-14-20-16)15-17-11-12-18-15/h17-20H,2-14H2,1H3. The van der Waals surface area contributed by atoms with Crippen LogP contribution in [0.15, 0.2) is 0 Å². The molecule has 2 heterocycles. The largest absolute Gasteiger partial charge is 0.295 e. The molecule has 0 spiro atoms. The molecule has 117 valence electrons. The fourth-order valence-electron chi connectivity index (χ4n) is 3.36. The Balaban J connectivity index is 1.58. The third-order valence-electron chi connectivity index (χ3n) is 4.54. The summed E-state index contributed by atoms with van der Waals surface area (Å²) in [5.74, 6) is 0. The van der Waals surface area contributed by atoms with Crippen molar-refractivity contribution in [3.8, 4) is 0 Å². The van der Waals surface area contributed by atoms with Crippen molar-refractivity contribution >= 4 is 0 Å². The molecule has 2 saturated heterocycles. The van der Waals surface area contributed by atoms with Crippen LogP contribution in [-0.4, -0.2) is 31.8 Å². The molecule has 0 amide bonds. The molecular weight excluding hydrogens is 248 g/mol. The lowest BCUT2D eigenvalue weighted by atomic mass is 9.98. The van der Waals surface area contributed by atoms with E-state index < -0.39 is 0 Å². The van der Waals surface area contributed by atoms with Crippen molar-refractivity contribution in [1.29, 1.82) is 0 Å². The Hall–Kier alpha value is -0.160. The Morgan fingerprint density at radius 2 is 1.30 bits per heavy atom. The van der Waals surface area contributed by atoms with Crippen LogP contribution in [0.25, 0.3) is 0 Å². The highest BCUT2D eigenvalue weighted by Crippen LogP contribution is 2.24. The van der Waals surface area contributed by atoms with E-state index >= 15 is 0 Å². The van der Waals surface area contributed by atoms with E-state index in [-0.39, 0.29) is 5.66 Å². The number of hydrogen-bond acceptors (Lipinski definition) is 4. The van der Waals surface area contributed by atoms with E-state index in [2.05, 4.69) is 28.2 Å². The third kappa shape index (κ3) is 4.69. The quantitative estimate of drug-likeness (QED) is 0.463. The van der Waals surface area contributed by atoms with E-state index in [0.717, 1.165) is 26.2 Å². The van der Waals surface area contributed by atoms with Crippen LogP contribution in [0, 0.1) is 6.17 Å². The summed E-state index contributed by atoms with van der Waals surface area (Å²) in [7, 11) is 0. The molecule has 0 aromatic heterocycles. The first-order chi connectivity index (χ1) is 9.87. The van der Waals surface area contributed by atoms with Crippen molar-refractivity contribution in [2.45, 2.75) is 70.4 Å². The van der Waals surface area contributed by atoms with Gasteiger partial charge in [0, 0.05) is 26.2 Å². The summed E-state index contributed by atoms with van der Waals surface area (Å²) >= 11 is 0. The van der Waals surface area contributed by atoms with Gasteiger partial charge in [0.2, 0.25) is 0 Å². The maximum atomic E-state index is 3.66. The molecule has 0 atom stereocenters. The van der Waals surface area contributed by atoms with Crippen LogP contribution in [0.2, 0.25) is 0 Å². The summed E-state index contributed by atoms with van der Waals surface area (Å²) in [4.78, 5) is 0. The SMILES string of the molecule is CCCCCCCCCCC1([C]2NCCN2)NCCN1. The maximum Gasteiger partial charge on any atom is 0.137 e. The van der Waals surface area contributed by atoms with Gasteiger partial charge in [0.05, 0.1) is 0 Å². The lowest BCUT2D eigenvalue weighted by Crippen LogP contribution is -2.60. The summed E-state index contributed by atoms with van der Waals surface area (Å²) in [5.41, 5.74) is 0.0126. The fourth-order valence-corrected chi connectivity index (χ4v) is 3.36. The van der Waals surface area contributed by atoms with Crippen LogP contribution in [0.1, 0.15) is 64.7 Å². The molecule has 0 aliphatic carbocycles. The van der Waals surface area contributed by atoms with Gasteiger partial charge in [-0.15, -0.1) is 0 Å². The van der Waals surface area contributed by atoms with Crippen molar-refractivity contribution in [3.05, 3.63) is 6.17 Å². The van der Waals surface area contributed by atoms with Gasteiger partial charge < -0.3 is 0 Å². The molecule has 4 nitrogen and oxygen atoms in total. The Labute approximate surface area is 124 Å². The highest BCUT2D eigenvalue weighted by atomic mass is 15.4. The molecule has 2 fully saturated rings. The first-order valence-corrected chi connectivity index (χ1v) is 8.72. The molecular formula is C16H33N4. The molecule has 0 unspecified atom stereocenters. The molecule has 0 aromatic carbocycles. The summed E-state index contributed by atoms with van der Waals surface area (Å²) < 4.78 is 0. The minimum Gasteiger partial charge on any atom is -0.295 e. The van der Waals surface area contributed by atoms with Crippen LogP contribution in [-0.2, 0) is 0 Å². The zero-order valence-corrected chi connectivity index (χ0v) is 13.2. The van der Waals surface area contributed by atoms with Crippen LogP contribution in [0.4, 0.5) is 0 Å². The number of unbranched alkanes of at least 4 members (excludes halogenated alkanes) is 7. The maximum absolute atomic E-state index is 3.66. The first-order valence-electron chi connectivity index (χ1n) is 8.72. The highest BCUT2D eigenvalue weighted by Gasteiger charge is 2.42. The van der Waals surface area contributed by atoms with Crippen molar-refractivity contribution in [2.24, 2.45) is 0 Å². The molecule has 0 bridgehead atoms. The first kappa shape index (κ1) is 16.2. The second-order valence-corrected chi connectivity index (χ2v) is 6.21. The van der Waals surface area contributed by atoms with E-state index in [1.165, 1.54) is 64.0 Å². The molecule has 4 heteroatoms. The highest BCUT2D eigenvalue weighted by molar-refractivity contribution is 5.13. The monoisotopic (exact) mass is 281 g/mol. The van der Waals surface area contributed by atoms with Crippen LogP contribution >= 0.6 is 0 Å². The Morgan fingerprint density at radius 1 is 0.750 bits per heavy atom. The van der Waals surface area contributed by atoms with Gasteiger partial charge >= 0.3 is 0 Å². The normalized spacial score (nSPS) is 22.6. The molecule has 0 saturated carbocycles. The summed E-state index contributed by atoms with van der Waals surface area (Å²) in [6.45, 7) is 6.54. The zero-order chi connectivity index (χ0) is 14.1. The second kappa shape index (κ2) is 8.98. The van der Waals surface area contributed by atoms with Crippen molar-refractivity contribution in [1.82, 2.24) is 21.3 Å². The molecule has 2 aliphatic rings. The van der Waals surface area contributed by atoms with Gasteiger partial charge in [-0.2, -0.15) is 0 Å². The Morgan fingerprint density at radius 3 is 1.90 bits per heavy atom. The lowest BCUT2D eigenvalue weighted by molar-refractivity contribution is 0.280. The molecule has 20 heavy (non-hydrogen) atoms. The van der Waals surface area contributed by atoms with E-state index in [9.17, 15) is 0 Å². The summed E-state index contributed by atoms with van der Waals surface area (Å²) in [6, 6.07) is 0. The minimum absolute atomic E-state index is 0.0126. The van der Waals surface area contributed by atoms with Gasteiger partial charge in [0.25, 0.3) is 0 Å². The Bertz CT molecular complexity index is 245. The molecule has 2 rings (SSSR count). The van der Waals surface area contributed by atoms with Crippen molar-refractivity contribution < 1.29 is 0 Å². The molecule has 1 radical (unpaired) electrons. The van der Waals surface area contributed by atoms with Crippen molar-refractivity contribution in [2.75, 3.05) is 26.2 Å². The fraction of sp³-hybridized carbons (Fsp3) is 0.938. The van der Waals surface area contributed by atoms with E-state index in [1.807, 2.05) is 0 Å². The van der Waals surface area contributed by atoms with Gasteiger partial charge in [-0.25, -0.2) is 0 Å². The Kier molecular flexibility index (Phi) is 7.28. The van der Waals surface area contributed by atoms with Gasteiger partial charge in [-0.1, -0.05) is 58.3 Å². The van der Waals surface area contributed by atoms with Gasteiger partial charge in [0.1, 0.15) is 11.8 Å². The molecule has 4 N–H and O–H groups in total. The molecule has 2 aliphatic heterocycles. The van der Waals surface area contributed by atoms with E-state index in [0.29, 0.717) is 0 Å². The van der Waals surface area contributed by atoms with Crippen LogP contribution < -0.4 is 21.3 Å². The van der Waals surface area contributed by atoms with E-state index in [1.54, 1.807) is 0 Å². The van der Waals surface area contributed by atoms with E-state index in [4.69, 9.17) is 0 Å². The van der Waals surface area contributed by atoms with Gasteiger partial charge in [-0.05, 0) is 6.42 Å². The molecule has 0 aromatic rings. The average molecular weight is 281 g/mol. The number of rotatable bonds is 10. The van der Waals surface area contributed by atoms with Crippen molar-refractivity contribution in [3.63, 3.8) is 0 Å². The predicted octanol–water partition coefficient (Wildman–Crippen LogP) is 2.09. The number of nitrogens with one attached hydrogen (secondary N) is 4. The lowest BCUT2D eigenvalue weighted by Gasteiger charge is -2.35. The second-order valence-electron chi connectivity index (χ2n) is 6.21. The summed E-state index contributed by atoms with van der Waals surface area (Å²) in [6.07, 6.45) is 13.6. The third-order valence-corrected chi connectivity index (χ3v) is 4.54. The number of hydrogen-bond donors (Lipinski definition) is 4. The topological polar surface area (TPSA) is 48.1 Å².